The molecule has 0 aliphatic carbocycles. The van der Waals surface area contributed by atoms with Gasteiger partial charge in [0.15, 0.2) is 0 Å². The summed E-state index contributed by atoms with van der Waals surface area (Å²) in [6.07, 6.45) is 0. The largest absolute Gasteiger partial charge is 0.394 e. The van der Waals surface area contributed by atoms with Crippen LogP contribution in [0.25, 0.3) is 0 Å². The van der Waals surface area contributed by atoms with Crippen LogP contribution in [0, 0.1) is 10.1 Å². The molecule has 5 heteroatoms. The fourth-order valence-corrected chi connectivity index (χ4v) is 1.78. The van der Waals surface area contributed by atoms with Crippen molar-refractivity contribution >= 4 is 5.69 Å². The van der Waals surface area contributed by atoms with E-state index in [4.69, 9.17) is 5.11 Å². The summed E-state index contributed by atoms with van der Waals surface area (Å²) < 4.78 is 0. The van der Waals surface area contributed by atoms with E-state index in [-0.39, 0.29) is 23.3 Å². The average molecular weight is 194 g/mol. The summed E-state index contributed by atoms with van der Waals surface area (Å²) >= 11 is 0. The molecule has 74 valence electrons. The number of aliphatic hydroxyl groups is 1. The molecule has 0 radical (unpaired) electrons. The number of nitrogens with one attached hydrogen (secondary N) is 1. The lowest BCUT2D eigenvalue weighted by Gasteiger charge is -2.06. The Bertz CT molecular complexity index is 378. The van der Waals surface area contributed by atoms with Crippen LogP contribution in [-0.4, -0.2) is 16.6 Å². The van der Waals surface area contributed by atoms with Crippen molar-refractivity contribution < 1.29 is 10.0 Å². The molecule has 1 heterocycles. The molecule has 0 bridgehead atoms. The van der Waals surface area contributed by atoms with Crippen molar-refractivity contribution in [2.45, 2.75) is 12.6 Å². The topological polar surface area (TPSA) is 75.4 Å². The number of hydrogen-bond donors (Lipinski definition) is 2. The molecule has 2 rings (SSSR count). The van der Waals surface area contributed by atoms with Crippen LogP contribution in [-0.2, 0) is 6.54 Å². The average Bonchev–Trinajstić information content (AvgIpc) is 2.59. The second-order valence-electron chi connectivity index (χ2n) is 3.22. The highest BCUT2D eigenvalue weighted by Crippen LogP contribution is 2.31. The maximum absolute atomic E-state index is 10.7. The first-order valence-corrected chi connectivity index (χ1v) is 4.34. The van der Waals surface area contributed by atoms with E-state index in [0.717, 1.165) is 5.56 Å². The van der Waals surface area contributed by atoms with E-state index < -0.39 is 0 Å². The number of benzene rings is 1. The standard InChI is InChI=1S/C9H10N2O3/c12-5-8-6-2-1-3-9(11(13)14)7(6)4-10-8/h1-3,8,10,12H,4-5H2/t8-/m0/s1. The SMILES string of the molecule is O=[N+]([O-])c1cccc2c1CN[C@H]2CO. The van der Waals surface area contributed by atoms with Gasteiger partial charge in [-0.3, -0.25) is 10.1 Å². The highest BCUT2D eigenvalue weighted by molar-refractivity contribution is 5.49. The quantitative estimate of drug-likeness (QED) is 0.537. The van der Waals surface area contributed by atoms with Crippen molar-refractivity contribution in [2.75, 3.05) is 6.61 Å². The Morgan fingerprint density at radius 2 is 2.43 bits per heavy atom. The van der Waals surface area contributed by atoms with E-state index in [2.05, 4.69) is 5.32 Å². The molecule has 0 saturated carbocycles. The molecule has 0 saturated heterocycles. The molecule has 0 unspecified atom stereocenters. The maximum Gasteiger partial charge on any atom is 0.274 e. The second kappa shape index (κ2) is 3.36. The molecule has 1 aromatic rings. The molecular weight excluding hydrogens is 184 g/mol. The van der Waals surface area contributed by atoms with Gasteiger partial charge in [0.1, 0.15) is 0 Å². The summed E-state index contributed by atoms with van der Waals surface area (Å²) in [6.45, 7) is 0.423. The lowest BCUT2D eigenvalue weighted by Crippen LogP contribution is -2.15. The van der Waals surface area contributed by atoms with E-state index in [1.807, 2.05) is 6.07 Å². The Morgan fingerprint density at radius 3 is 3.07 bits per heavy atom. The first-order chi connectivity index (χ1) is 6.74. The van der Waals surface area contributed by atoms with Crippen molar-refractivity contribution in [2.24, 2.45) is 0 Å². The molecule has 5 nitrogen and oxygen atoms in total. The van der Waals surface area contributed by atoms with Crippen molar-refractivity contribution in [3.8, 4) is 0 Å². The van der Waals surface area contributed by atoms with Crippen molar-refractivity contribution in [3.63, 3.8) is 0 Å². The predicted molar refractivity (Wildman–Crippen MR) is 49.8 cm³/mol. The summed E-state index contributed by atoms with van der Waals surface area (Å²) in [5.41, 5.74) is 1.66. The zero-order valence-electron chi connectivity index (χ0n) is 7.43. The van der Waals surface area contributed by atoms with Crippen molar-refractivity contribution in [1.82, 2.24) is 5.32 Å². The number of nitro benzene ring substituents is 1. The van der Waals surface area contributed by atoms with Gasteiger partial charge in [-0.15, -0.1) is 0 Å². The van der Waals surface area contributed by atoms with Gasteiger partial charge in [-0.2, -0.15) is 0 Å². The zero-order chi connectivity index (χ0) is 10.1. The molecule has 2 N–H and O–H groups in total. The van der Waals surface area contributed by atoms with Crippen LogP contribution in [0.5, 0.6) is 0 Å². The van der Waals surface area contributed by atoms with E-state index in [0.29, 0.717) is 12.1 Å². The van der Waals surface area contributed by atoms with E-state index in [9.17, 15) is 10.1 Å². The third-order valence-corrected chi connectivity index (χ3v) is 2.47. The fraction of sp³-hybridized carbons (Fsp3) is 0.333. The lowest BCUT2D eigenvalue weighted by molar-refractivity contribution is -0.385. The first kappa shape index (κ1) is 9.11. The van der Waals surface area contributed by atoms with E-state index in [1.165, 1.54) is 6.07 Å². The monoisotopic (exact) mass is 194 g/mol. The Kier molecular flexibility index (Phi) is 2.18. The molecule has 1 aromatic carbocycles. The molecular formula is C9H10N2O3. The number of hydrogen-bond acceptors (Lipinski definition) is 4. The number of rotatable bonds is 2. The Morgan fingerprint density at radius 1 is 1.64 bits per heavy atom. The van der Waals surface area contributed by atoms with Crippen LogP contribution < -0.4 is 5.32 Å². The van der Waals surface area contributed by atoms with Gasteiger partial charge in [0.05, 0.1) is 17.6 Å². The van der Waals surface area contributed by atoms with Crippen LogP contribution in [0.3, 0.4) is 0 Å². The number of nitrogens with zero attached hydrogens (tertiary/aromatic N) is 1. The molecule has 0 aromatic heterocycles. The van der Waals surface area contributed by atoms with Crippen LogP contribution in [0.1, 0.15) is 17.2 Å². The third kappa shape index (κ3) is 1.26. The number of aliphatic hydroxyl groups excluding tert-OH is 1. The molecule has 0 spiro atoms. The predicted octanol–water partition coefficient (Wildman–Crippen LogP) is 0.731. The van der Waals surface area contributed by atoms with Crippen molar-refractivity contribution in [3.05, 3.63) is 39.4 Å². The normalized spacial score (nSPS) is 19.4. The van der Waals surface area contributed by atoms with Crippen LogP contribution in [0.15, 0.2) is 18.2 Å². The molecule has 1 atom stereocenters. The highest BCUT2D eigenvalue weighted by atomic mass is 16.6. The van der Waals surface area contributed by atoms with Crippen LogP contribution in [0.4, 0.5) is 5.69 Å². The number of fused-ring (bicyclic) bond motifs is 1. The van der Waals surface area contributed by atoms with Gasteiger partial charge in [-0.05, 0) is 5.56 Å². The molecule has 1 aliphatic rings. The highest BCUT2D eigenvalue weighted by Gasteiger charge is 2.27. The summed E-state index contributed by atoms with van der Waals surface area (Å²) in [5, 5.41) is 22.7. The minimum absolute atomic E-state index is 0.0336. The van der Waals surface area contributed by atoms with Crippen LogP contribution in [0.2, 0.25) is 0 Å². The summed E-state index contributed by atoms with van der Waals surface area (Å²) in [5.74, 6) is 0. The van der Waals surface area contributed by atoms with Gasteiger partial charge in [0.25, 0.3) is 5.69 Å². The first-order valence-electron chi connectivity index (χ1n) is 4.34. The smallest absolute Gasteiger partial charge is 0.274 e. The zero-order valence-corrected chi connectivity index (χ0v) is 7.43. The van der Waals surface area contributed by atoms with Gasteiger partial charge >= 0.3 is 0 Å². The van der Waals surface area contributed by atoms with Gasteiger partial charge < -0.3 is 10.4 Å². The Balaban J connectivity index is 2.49. The van der Waals surface area contributed by atoms with Crippen LogP contribution >= 0.6 is 0 Å². The lowest BCUT2D eigenvalue weighted by atomic mass is 10.0. The Labute approximate surface area is 80.5 Å². The van der Waals surface area contributed by atoms with Gasteiger partial charge in [0, 0.05) is 18.2 Å². The van der Waals surface area contributed by atoms with Gasteiger partial charge in [-0.25, -0.2) is 0 Å². The third-order valence-electron chi connectivity index (χ3n) is 2.47. The summed E-state index contributed by atoms with van der Waals surface area (Å²) in [6, 6.07) is 4.78. The summed E-state index contributed by atoms with van der Waals surface area (Å²) in [4.78, 5) is 10.3. The fourth-order valence-electron chi connectivity index (χ4n) is 1.78. The number of nitro groups is 1. The van der Waals surface area contributed by atoms with E-state index >= 15 is 0 Å². The second-order valence-corrected chi connectivity index (χ2v) is 3.22. The molecule has 1 aliphatic heterocycles. The minimum Gasteiger partial charge on any atom is -0.394 e. The summed E-state index contributed by atoms with van der Waals surface area (Å²) in [7, 11) is 0. The van der Waals surface area contributed by atoms with Gasteiger partial charge in [-0.1, -0.05) is 12.1 Å². The molecule has 0 amide bonds. The molecule has 0 fully saturated rings. The van der Waals surface area contributed by atoms with E-state index in [1.54, 1.807) is 6.07 Å². The maximum atomic E-state index is 10.7. The Hall–Kier alpha value is -1.46. The molecule has 14 heavy (non-hydrogen) atoms. The minimum atomic E-state index is -0.389. The van der Waals surface area contributed by atoms with Crippen molar-refractivity contribution in [1.29, 1.82) is 0 Å². The van der Waals surface area contributed by atoms with Gasteiger partial charge in [0.2, 0.25) is 0 Å².